The topological polar surface area (TPSA) is 79.2 Å². The zero-order chi connectivity index (χ0) is 22.9. The van der Waals surface area contributed by atoms with Gasteiger partial charge in [-0.2, -0.15) is 5.10 Å². The molecular formula is C25H29N5O3. The van der Waals surface area contributed by atoms with Gasteiger partial charge < -0.3 is 19.9 Å². The summed E-state index contributed by atoms with van der Waals surface area (Å²) in [4.78, 5) is 27.4. The molecule has 5 rings (SSSR count). The maximum Gasteiger partial charge on any atom is 0.220 e. The lowest BCUT2D eigenvalue weighted by atomic mass is 10.0. The Morgan fingerprint density at radius 2 is 1.88 bits per heavy atom. The van der Waals surface area contributed by atoms with Crippen molar-refractivity contribution in [2.75, 3.05) is 37.6 Å². The monoisotopic (exact) mass is 447 g/mol. The summed E-state index contributed by atoms with van der Waals surface area (Å²) in [5.41, 5.74) is 4.16. The van der Waals surface area contributed by atoms with E-state index in [1.807, 2.05) is 28.6 Å². The second-order valence-corrected chi connectivity index (χ2v) is 8.89. The van der Waals surface area contributed by atoms with Gasteiger partial charge in [0.05, 0.1) is 6.20 Å². The second kappa shape index (κ2) is 8.77. The zero-order valence-corrected chi connectivity index (χ0v) is 19.0. The first-order valence-corrected chi connectivity index (χ1v) is 11.5. The molecule has 0 radical (unpaired) electrons. The smallest absolute Gasteiger partial charge is 0.220 e. The summed E-state index contributed by atoms with van der Waals surface area (Å²) < 4.78 is 8.17. The van der Waals surface area contributed by atoms with Crippen LogP contribution in [0.5, 0.6) is 5.75 Å². The Bertz CT molecular complexity index is 1160. The van der Waals surface area contributed by atoms with Crippen molar-refractivity contribution in [1.29, 1.82) is 0 Å². The number of aromatic nitrogens is 2. The number of pyridine rings is 1. The maximum absolute atomic E-state index is 11.6. The van der Waals surface area contributed by atoms with Crippen molar-refractivity contribution in [2.24, 2.45) is 5.92 Å². The number of fused-ring (bicyclic) bond motifs is 1. The molecule has 0 spiro atoms. The minimum absolute atomic E-state index is 0.0847. The maximum atomic E-state index is 11.6. The molecule has 0 bridgehead atoms. The van der Waals surface area contributed by atoms with Crippen molar-refractivity contribution in [3.8, 4) is 16.9 Å². The fraction of sp³-hybridized carbons (Fsp3) is 0.400. The highest BCUT2D eigenvalue weighted by Gasteiger charge is 2.28. The van der Waals surface area contributed by atoms with Crippen LogP contribution in [-0.4, -0.2) is 65.2 Å². The summed E-state index contributed by atoms with van der Waals surface area (Å²) in [6.07, 6.45) is 4.18. The number of anilines is 1. The number of amides is 2. The van der Waals surface area contributed by atoms with Crippen molar-refractivity contribution >= 4 is 23.0 Å². The Hall–Kier alpha value is -3.55. The summed E-state index contributed by atoms with van der Waals surface area (Å²) >= 11 is 0. The molecule has 8 nitrogen and oxygen atoms in total. The number of piperazine rings is 1. The predicted molar refractivity (Wildman–Crippen MR) is 126 cm³/mol. The van der Waals surface area contributed by atoms with Gasteiger partial charge in [-0.15, -0.1) is 0 Å². The van der Waals surface area contributed by atoms with E-state index >= 15 is 0 Å². The fourth-order valence-electron chi connectivity index (χ4n) is 4.65. The number of nitrogens with one attached hydrogen (secondary N) is 1. The predicted octanol–water partition coefficient (Wildman–Crippen LogP) is 2.57. The number of hydrogen-bond donors (Lipinski definition) is 1. The molecule has 8 heteroatoms. The van der Waals surface area contributed by atoms with Crippen LogP contribution < -0.4 is 15.0 Å². The Kier molecular flexibility index (Phi) is 5.66. The third-order valence-electron chi connectivity index (χ3n) is 6.75. The third kappa shape index (κ3) is 4.37. The third-order valence-corrected chi connectivity index (χ3v) is 6.75. The molecule has 0 unspecified atom stereocenters. The number of ether oxygens (including phenoxy) is 1. The van der Waals surface area contributed by atoms with E-state index in [1.54, 1.807) is 13.1 Å². The summed E-state index contributed by atoms with van der Waals surface area (Å²) in [6, 6.07) is 12.5. The molecule has 1 N–H and O–H groups in total. The average molecular weight is 448 g/mol. The van der Waals surface area contributed by atoms with Gasteiger partial charge in [0, 0.05) is 69.4 Å². The van der Waals surface area contributed by atoms with E-state index in [0.29, 0.717) is 13.0 Å². The molecule has 2 saturated heterocycles. The van der Waals surface area contributed by atoms with Crippen LogP contribution in [-0.2, 0) is 9.59 Å². The minimum Gasteiger partial charge on any atom is -0.488 e. The first-order chi connectivity index (χ1) is 16.0. The molecule has 3 aromatic rings. The highest BCUT2D eigenvalue weighted by molar-refractivity contribution is 5.78. The SMILES string of the molecule is CC(=O)N1CCN(c2ccc(-c3cc(O[C@H](C)[C@H]4CNC(=O)C4)c4ccnn4c3)cc2)CC1. The van der Waals surface area contributed by atoms with Gasteiger partial charge in [0.25, 0.3) is 0 Å². The molecule has 2 aliphatic rings. The van der Waals surface area contributed by atoms with Crippen molar-refractivity contribution in [1.82, 2.24) is 19.8 Å². The van der Waals surface area contributed by atoms with Crippen molar-refractivity contribution in [3.05, 3.63) is 48.8 Å². The first kappa shape index (κ1) is 21.3. The molecule has 2 atom stereocenters. The van der Waals surface area contributed by atoms with Gasteiger partial charge in [0.2, 0.25) is 11.8 Å². The lowest BCUT2D eigenvalue weighted by Crippen LogP contribution is -2.48. The van der Waals surface area contributed by atoms with Crippen LogP contribution in [0.25, 0.3) is 16.6 Å². The normalized spacial score (nSPS) is 19.6. The molecule has 33 heavy (non-hydrogen) atoms. The van der Waals surface area contributed by atoms with Gasteiger partial charge in [-0.05, 0) is 36.8 Å². The Morgan fingerprint density at radius 3 is 2.55 bits per heavy atom. The van der Waals surface area contributed by atoms with Gasteiger partial charge in [0.1, 0.15) is 17.4 Å². The van der Waals surface area contributed by atoms with E-state index in [4.69, 9.17) is 4.74 Å². The minimum atomic E-state index is -0.0889. The van der Waals surface area contributed by atoms with Crippen LogP contribution in [0, 0.1) is 5.92 Å². The lowest BCUT2D eigenvalue weighted by molar-refractivity contribution is -0.129. The fourth-order valence-corrected chi connectivity index (χ4v) is 4.65. The molecule has 172 valence electrons. The molecule has 4 heterocycles. The zero-order valence-electron chi connectivity index (χ0n) is 19.0. The second-order valence-electron chi connectivity index (χ2n) is 8.89. The highest BCUT2D eigenvalue weighted by atomic mass is 16.5. The van der Waals surface area contributed by atoms with Gasteiger partial charge in [-0.3, -0.25) is 9.59 Å². The van der Waals surface area contributed by atoms with E-state index in [9.17, 15) is 9.59 Å². The highest BCUT2D eigenvalue weighted by Crippen LogP contribution is 2.31. The van der Waals surface area contributed by atoms with E-state index in [-0.39, 0.29) is 23.8 Å². The molecule has 1 aromatic carbocycles. The van der Waals surface area contributed by atoms with Gasteiger partial charge >= 0.3 is 0 Å². The summed E-state index contributed by atoms with van der Waals surface area (Å²) in [5, 5.41) is 7.31. The molecule has 2 fully saturated rings. The molecule has 2 amide bonds. The Labute approximate surface area is 193 Å². The molecule has 2 aromatic heterocycles. The Balaban J connectivity index is 1.35. The van der Waals surface area contributed by atoms with Gasteiger partial charge in [-0.1, -0.05) is 12.1 Å². The quantitative estimate of drug-likeness (QED) is 0.650. The lowest BCUT2D eigenvalue weighted by Gasteiger charge is -2.35. The average Bonchev–Trinajstić information content (AvgIpc) is 3.48. The first-order valence-electron chi connectivity index (χ1n) is 11.5. The molecule has 0 saturated carbocycles. The Morgan fingerprint density at radius 1 is 1.12 bits per heavy atom. The number of hydrogen-bond acceptors (Lipinski definition) is 5. The number of nitrogens with zero attached hydrogens (tertiary/aromatic N) is 4. The number of carbonyl (C=O) groups is 2. The standard InChI is InChI=1S/C25H29N5O3/c1-17(20-14-25(32)26-15-20)33-24-13-21(16-30-23(24)7-8-27-30)19-3-5-22(6-4-19)29-11-9-28(10-12-29)18(2)31/h3-8,13,16-17,20H,9-12,14-15H2,1-2H3,(H,26,32)/t17-,20-/m1/s1. The molecule has 0 aliphatic carbocycles. The van der Waals surface area contributed by atoms with Crippen LogP contribution in [0.3, 0.4) is 0 Å². The van der Waals surface area contributed by atoms with Crippen molar-refractivity contribution in [2.45, 2.75) is 26.4 Å². The molecular weight excluding hydrogens is 418 g/mol. The van der Waals surface area contributed by atoms with Crippen LogP contribution in [0.1, 0.15) is 20.3 Å². The van der Waals surface area contributed by atoms with Crippen LogP contribution in [0.2, 0.25) is 0 Å². The van der Waals surface area contributed by atoms with E-state index in [2.05, 4.69) is 45.6 Å². The summed E-state index contributed by atoms with van der Waals surface area (Å²) in [6.45, 7) is 7.49. The van der Waals surface area contributed by atoms with Crippen LogP contribution in [0.15, 0.2) is 48.8 Å². The van der Waals surface area contributed by atoms with E-state index in [0.717, 1.165) is 54.3 Å². The largest absolute Gasteiger partial charge is 0.488 e. The van der Waals surface area contributed by atoms with Crippen LogP contribution >= 0.6 is 0 Å². The number of rotatable bonds is 5. The van der Waals surface area contributed by atoms with Gasteiger partial charge in [0.15, 0.2) is 0 Å². The number of benzene rings is 1. The number of carbonyl (C=O) groups excluding carboxylic acids is 2. The summed E-state index contributed by atoms with van der Waals surface area (Å²) in [5.74, 6) is 1.15. The van der Waals surface area contributed by atoms with Crippen LogP contribution in [0.4, 0.5) is 5.69 Å². The summed E-state index contributed by atoms with van der Waals surface area (Å²) in [7, 11) is 0. The molecule has 2 aliphatic heterocycles. The van der Waals surface area contributed by atoms with Crippen molar-refractivity contribution in [3.63, 3.8) is 0 Å². The van der Waals surface area contributed by atoms with Gasteiger partial charge in [-0.25, -0.2) is 4.52 Å². The van der Waals surface area contributed by atoms with E-state index < -0.39 is 0 Å². The van der Waals surface area contributed by atoms with Crippen molar-refractivity contribution < 1.29 is 14.3 Å². The van der Waals surface area contributed by atoms with E-state index in [1.165, 1.54) is 0 Å².